The second-order valence-corrected chi connectivity index (χ2v) is 8.09. The van der Waals surface area contributed by atoms with E-state index in [2.05, 4.69) is 18.1 Å². The molecule has 2 aromatic rings. The molecule has 31 heavy (non-hydrogen) atoms. The van der Waals surface area contributed by atoms with Crippen LogP contribution in [0, 0.1) is 0 Å². The highest BCUT2D eigenvalue weighted by atomic mass is 16.5. The monoisotopic (exact) mass is 420 g/mol. The van der Waals surface area contributed by atoms with E-state index in [9.17, 15) is 5.11 Å². The van der Waals surface area contributed by atoms with E-state index in [0.717, 1.165) is 11.1 Å². The molecule has 1 aromatic carbocycles. The Morgan fingerprint density at radius 1 is 1.06 bits per heavy atom. The summed E-state index contributed by atoms with van der Waals surface area (Å²) in [5, 5.41) is 10.3. The Labute approximate surface area is 186 Å². The molecular weight excluding hydrogens is 389 g/mol. The van der Waals surface area contributed by atoms with Crippen molar-refractivity contribution in [1.29, 1.82) is 0 Å². The number of hydrogen-bond acceptors (Lipinski definition) is 5. The van der Waals surface area contributed by atoms with Gasteiger partial charge in [-0.2, -0.15) is 4.98 Å². The van der Waals surface area contributed by atoms with E-state index >= 15 is 0 Å². The van der Waals surface area contributed by atoms with Crippen LogP contribution in [-0.4, -0.2) is 35.4 Å². The predicted octanol–water partition coefficient (Wildman–Crippen LogP) is 4.15. The Morgan fingerprint density at radius 3 is 2.39 bits per heavy atom. The summed E-state index contributed by atoms with van der Waals surface area (Å²) in [4.78, 5) is 4.51. The molecule has 0 atom stereocenters. The van der Waals surface area contributed by atoms with E-state index < -0.39 is 11.2 Å². The summed E-state index contributed by atoms with van der Waals surface area (Å²) in [6.45, 7) is 15.2. The van der Waals surface area contributed by atoms with Crippen molar-refractivity contribution >= 4 is 12.9 Å². The smallest absolute Gasteiger partial charge is 0.336 e. The van der Waals surface area contributed by atoms with Crippen molar-refractivity contribution in [2.24, 2.45) is 0 Å². The number of rotatable bonds is 12. The molecule has 0 unspecified atom stereocenters. The minimum absolute atomic E-state index is 0.311. The maximum atomic E-state index is 10.3. The van der Waals surface area contributed by atoms with Crippen LogP contribution in [0.4, 0.5) is 0 Å². The molecule has 0 aliphatic carbocycles. The first kappa shape index (κ1) is 24.4. The molecule has 0 amide bonds. The summed E-state index contributed by atoms with van der Waals surface area (Å²) >= 11 is 0. The second-order valence-electron chi connectivity index (χ2n) is 8.09. The average molecular weight is 420 g/mol. The molecule has 0 aliphatic heterocycles. The van der Waals surface area contributed by atoms with Gasteiger partial charge >= 0.3 is 7.48 Å². The zero-order valence-corrected chi connectivity index (χ0v) is 18.8. The maximum Gasteiger partial charge on any atom is 0.336 e. The van der Waals surface area contributed by atoms with Crippen molar-refractivity contribution in [3.63, 3.8) is 0 Å². The topological polar surface area (TPSA) is 60.8 Å². The van der Waals surface area contributed by atoms with Crippen molar-refractivity contribution in [1.82, 2.24) is 4.98 Å². The summed E-state index contributed by atoms with van der Waals surface area (Å²) < 4.78 is 17.7. The van der Waals surface area contributed by atoms with E-state index in [1.165, 1.54) is 0 Å². The number of aromatic nitrogens is 1. The first-order chi connectivity index (χ1) is 14.7. The molecule has 1 heterocycles. The molecule has 1 N–H and O–H groups in total. The molecule has 5 nitrogen and oxygen atoms in total. The molecule has 0 aliphatic rings. The predicted molar refractivity (Wildman–Crippen MR) is 126 cm³/mol. The van der Waals surface area contributed by atoms with Crippen molar-refractivity contribution in [2.45, 2.75) is 45.5 Å². The van der Waals surface area contributed by atoms with E-state index in [1.54, 1.807) is 39.5 Å². The van der Waals surface area contributed by atoms with Crippen molar-refractivity contribution in [2.75, 3.05) is 6.61 Å². The fourth-order valence-corrected chi connectivity index (χ4v) is 2.28. The van der Waals surface area contributed by atoms with Crippen LogP contribution in [0.3, 0.4) is 0 Å². The lowest BCUT2D eigenvalue weighted by Gasteiger charge is -2.37. The highest BCUT2D eigenvalue weighted by Gasteiger charge is 2.36. The number of nitrogens with zero attached hydrogens (tertiary/aromatic N) is 1. The molecule has 0 spiro atoms. The number of allylic oxidation sites excluding steroid dienone is 2. The summed E-state index contributed by atoms with van der Waals surface area (Å²) in [5.74, 6) is 0.791. The Bertz CT molecular complexity index is 901. The molecule has 0 bridgehead atoms. The Kier molecular flexibility index (Phi) is 8.66. The van der Waals surface area contributed by atoms with Crippen molar-refractivity contribution < 1.29 is 19.2 Å². The zero-order chi connectivity index (χ0) is 22.9. The third kappa shape index (κ3) is 7.42. The normalized spacial score (nSPS) is 12.2. The molecule has 0 fully saturated rings. The Morgan fingerprint density at radius 2 is 1.77 bits per heavy atom. The molecule has 1 radical (unpaired) electrons. The first-order valence-electron chi connectivity index (χ1n) is 10.1. The fraction of sp³-hybridized carbons (Fsp3) is 0.320. The molecule has 1 aromatic heterocycles. The van der Waals surface area contributed by atoms with Crippen molar-refractivity contribution in [3.8, 4) is 11.8 Å². The standard InChI is InChI=1S/C25H31BNO4/c1-7-12-19(8-2)17-29-22-16-15-21(26-31-25(5,6)24(3,4)28)23(27-22)30-18-20-13-10-9-11-14-20/h7-16,28H,1-2,17-18H2,3-6H3/b19-12+. The van der Waals surface area contributed by atoms with Gasteiger partial charge in [-0.1, -0.05) is 67.8 Å². The van der Waals surface area contributed by atoms with E-state index in [1.807, 2.05) is 56.3 Å². The van der Waals surface area contributed by atoms with Gasteiger partial charge in [0.2, 0.25) is 11.8 Å². The van der Waals surface area contributed by atoms with Gasteiger partial charge in [0.15, 0.2) is 0 Å². The van der Waals surface area contributed by atoms with Crippen LogP contribution < -0.4 is 14.9 Å². The van der Waals surface area contributed by atoms with Gasteiger partial charge in [0.1, 0.15) is 13.2 Å². The molecular formula is C25H31BNO4. The van der Waals surface area contributed by atoms with Gasteiger partial charge < -0.3 is 19.2 Å². The quantitative estimate of drug-likeness (QED) is 0.413. The molecule has 2 rings (SSSR count). The lowest BCUT2D eigenvalue weighted by Crippen LogP contribution is -2.49. The maximum absolute atomic E-state index is 10.3. The van der Waals surface area contributed by atoms with E-state index in [0.29, 0.717) is 30.4 Å². The van der Waals surface area contributed by atoms with Gasteiger partial charge in [0, 0.05) is 11.5 Å². The van der Waals surface area contributed by atoms with Gasteiger partial charge in [-0.05, 0) is 38.8 Å². The number of hydrogen-bond donors (Lipinski definition) is 1. The van der Waals surface area contributed by atoms with E-state index in [4.69, 9.17) is 14.1 Å². The Balaban J connectivity index is 2.21. The molecule has 0 saturated carbocycles. The van der Waals surface area contributed by atoms with Gasteiger partial charge in [0.05, 0.1) is 11.2 Å². The SMILES string of the molecule is C=C/C=C(\C=C)COc1ccc([B]OC(C)(C)C(C)(C)O)c(OCc2ccccc2)n1. The van der Waals surface area contributed by atoms with Crippen LogP contribution in [0.5, 0.6) is 11.8 Å². The van der Waals surface area contributed by atoms with Crippen LogP contribution in [0.1, 0.15) is 33.3 Å². The average Bonchev–Trinajstić information content (AvgIpc) is 2.74. The van der Waals surface area contributed by atoms with Gasteiger partial charge in [-0.15, -0.1) is 0 Å². The highest BCUT2D eigenvalue weighted by molar-refractivity contribution is 6.48. The first-order valence-corrected chi connectivity index (χ1v) is 10.1. The van der Waals surface area contributed by atoms with Crippen LogP contribution in [0.15, 0.2) is 79.4 Å². The van der Waals surface area contributed by atoms with Crippen LogP contribution in [0.25, 0.3) is 0 Å². The zero-order valence-electron chi connectivity index (χ0n) is 18.8. The summed E-state index contributed by atoms with van der Waals surface area (Å²) in [5.41, 5.74) is 0.694. The lowest BCUT2D eigenvalue weighted by atomic mass is 9.83. The van der Waals surface area contributed by atoms with Gasteiger partial charge in [-0.25, -0.2) is 0 Å². The Hall–Kier alpha value is -2.83. The fourth-order valence-electron chi connectivity index (χ4n) is 2.28. The summed E-state index contributed by atoms with van der Waals surface area (Å²) in [6, 6.07) is 13.4. The van der Waals surface area contributed by atoms with Crippen molar-refractivity contribution in [3.05, 3.63) is 85.0 Å². The lowest BCUT2D eigenvalue weighted by molar-refractivity contribution is -0.0893. The number of ether oxygens (including phenoxy) is 2. The molecule has 0 saturated heterocycles. The number of pyridine rings is 1. The third-order valence-corrected chi connectivity index (χ3v) is 5.02. The van der Waals surface area contributed by atoms with Crippen LogP contribution >= 0.6 is 0 Å². The molecule has 6 heteroatoms. The summed E-state index contributed by atoms with van der Waals surface area (Å²) in [7, 11) is 1.56. The van der Waals surface area contributed by atoms with Crippen LogP contribution in [-0.2, 0) is 11.3 Å². The highest BCUT2D eigenvalue weighted by Crippen LogP contribution is 2.25. The van der Waals surface area contributed by atoms with Gasteiger partial charge in [-0.3, -0.25) is 0 Å². The molecule has 163 valence electrons. The van der Waals surface area contributed by atoms with Crippen LogP contribution in [0.2, 0.25) is 0 Å². The largest absolute Gasteiger partial charge is 0.473 e. The number of aliphatic hydroxyl groups is 1. The summed E-state index contributed by atoms with van der Waals surface area (Å²) in [6.07, 6.45) is 5.22. The van der Waals surface area contributed by atoms with Gasteiger partial charge in [0.25, 0.3) is 0 Å². The second kappa shape index (κ2) is 11.0. The third-order valence-electron chi connectivity index (χ3n) is 5.02. The minimum atomic E-state index is -1.04. The number of benzene rings is 1. The van der Waals surface area contributed by atoms with E-state index in [-0.39, 0.29) is 0 Å². The minimum Gasteiger partial charge on any atom is -0.473 e.